The second-order valence-corrected chi connectivity index (χ2v) is 8.64. The van der Waals surface area contributed by atoms with Crippen LogP contribution in [0.3, 0.4) is 0 Å². The van der Waals surface area contributed by atoms with E-state index < -0.39 is 53.7 Å². The summed E-state index contributed by atoms with van der Waals surface area (Å²) in [7, 11) is 0. The lowest BCUT2D eigenvalue weighted by Crippen LogP contribution is -2.25. The summed E-state index contributed by atoms with van der Waals surface area (Å²) in [5, 5.41) is 25.9. The number of hydrogen-bond donors (Lipinski definition) is 3. The Labute approximate surface area is 210 Å². The lowest BCUT2D eigenvalue weighted by atomic mass is 9.98. The Morgan fingerprint density at radius 3 is 1.46 bits per heavy atom. The highest BCUT2D eigenvalue weighted by atomic mass is 79.9. The molecule has 192 valence electrons. The van der Waals surface area contributed by atoms with E-state index >= 15 is 0 Å². The summed E-state index contributed by atoms with van der Waals surface area (Å²) in [5.41, 5.74) is -0.915. The quantitative estimate of drug-likeness (QED) is 0.243. The van der Waals surface area contributed by atoms with E-state index in [0.29, 0.717) is 5.56 Å². The second kappa shape index (κ2) is 12.4. The van der Waals surface area contributed by atoms with Gasteiger partial charge in [-0.05, 0) is 48.2 Å². The van der Waals surface area contributed by atoms with E-state index in [9.17, 15) is 40.7 Å². The van der Waals surface area contributed by atoms with E-state index in [-0.39, 0.29) is 27.4 Å². The van der Waals surface area contributed by atoms with Crippen molar-refractivity contribution in [2.45, 2.75) is 31.6 Å². The van der Waals surface area contributed by atoms with Crippen LogP contribution in [0.15, 0.2) is 45.3 Å². The Bertz CT molecular complexity index is 1070. The highest BCUT2D eigenvalue weighted by molar-refractivity contribution is 9.10. The molecule has 0 bridgehead atoms. The molecule has 0 aliphatic heterocycles. The Morgan fingerprint density at radius 2 is 1.14 bits per heavy atom. The molecular weight excluding hydrogens is 622 g/mol. The molecule has 0 fully saturated rings. The number of benzene rings is 2. The van der Waals surface area contributed by atoms with Crippen LogP contribution in [-0.2, 0) is 39.6 Å². The molecule has 3 N–H and O–H groups in total. The molecule has 0 atom stereocenters. The minimum atomic E-state index is -4.51. The van der Waals surface area contributed by atoms with Crippen LogP contribution in [-0.4, -0.2) is 33.2 Å². The van der Waals surface area contributed by atoms with Gasteiger partial charge in [0.1, 0.15) is 0 Å². The summed E-state index contributed by atoms with van der Waals surface area (Å²) in [6.45, 7) is 0. The number of halogens is 8. The monoisotopic (exact) mass is 636 g/mol. The molecule has 0 spiro atoms. The third-order valence-corrected chi connectivity index (χ3v) is 5.87. The van der Waals surface area contributed by atoms with Gasteiger partial charge in [-0.2, -0.15) is 26.3 Å². The van der Waals surface area contributed by atoms with Crippen molar-refractivity contribution < 1.29 is 56.0 Å². The Hall–Kier alpha value is -2.61. The number of alkyl halides is 6. The van der Waals surface area contributed by atoms with Gasteiger partial charge in [-0.15, -0.1) is 0 Å². The van der Waals surface area contributed by atoms with Crippen molar-refractivity contribution in [3.05, 3.63) is 67.6 Å². The molecule has 0 aromatic heterocycles. The zero-order chi connectivity index (χ0) is 27.1. The van der Waals surface area contributed by atoms with E-state index in [2.05, 4.69) is 31.9 Å². The summed E-state index contributed by atoms with van der Waals surface area (Å²) in [6, 6.07) is 5.82. The van der Waals surface area contributed by atoms with Crippen molar-refractivity contribution in [3.63, 3.8) is 0 Å². The highest BCUT2D eigenvalue weighted by Crippen LogP contribution is 2.33. The molecule has 14 heteroatoms. The van der Waals surface area contributed by atoms with Gasteiger partial charge in [-0.1, -0.05) is 44.0 Å². The van der Waals surface area contributed by atoms with Gasteiger partial charge in [-0.3, -0.25) is 14.4 Å². The van der Waals surface area contributed by atoms with E-state index in [0.717, 1.165) is 30.3 Å². The van der Waals surface area contributed by atoms with Crippen LogP contribution in [0.4, 0.5) is 26.3 Å². The number of aliphatic carboxylic acids is 3. The molecule has 0 aliphatic rings. The van der Waals surface area contributed by atoms with Crippen molar-refractivity contribution >= 4 is 49.8 Å². The Balaban J connectivity index is 0.000000355. The average molecular weight is 638 g/mol. The lowest BCUT2D eigenvalue weighted by Gasteiger charge is -2.12. The normalized spacial score (nSPS) is 11.6. The summed E-state index contributed by atoms with van der Waals surface area (Å²) >= 11 is 5.88. The molecule has 0 saturated carbocycles. The van der Waals surface area contributed by atoms with Crippen molar-refractivity contribution in [2.24, 2.45) is 5.92 Å². The van der Waals surface area contributed by atoms with Crippen molar-refractivity contribution in [1.29, 1.82) is 0 Å². The van der Waals surface area contributed by atoms with E-state index in [1.807, 2.05) is 0 Å². The number of carboxylic acids is 3. The number of carbonyl (C=O) groups is 3. The number of hydrogen-bond acceptors (Lipinski definition) is 3. The topological polar surface area (TPSA) is 112 Å². The lowest BCUT2D eigenvalue weighted by molar-refractivity contribution is -0.154. The standard InChI is InChI=1S/C11H8BrF3O4.C10H8BrF3O2/c12-8-4-6(11(13,14)15)2-1-5(8)3-7(9(16)17)10(18)19;11-8-5-7(10(12,13)14)3-1-6(8)2-4-9(15)16/h1-2,4,7H,3H2,(H,16,17)(H,18,19);1,3,5H,2,4H2,(H,15,16). The maximum Gasteiger partial charge on any atom is 0.416 e. The van der Waals surface area contributed by atoms with E-state index in [4.69, 9.17) is 15.3 Å². The van der Waals surface area contributed by atoms with Gasteiger partial charge in [0.2, 0.25) is 0 Å². The van der Waals surface area contributed by atoms with Crippen LogP contribution in [0.2, 0.25) is 0 Å². The molecule has 0 heterocycles. The molecule has 2 aromatic carbocycles. The molecule has 6 nitrogen and oxygen atoms in total. The minimum absolute atomic E-state index is 0.0230. The maximum absolute atomic E-state index is 12.4. The first-order valence-electron chi connectivity index (χ1n) is 9.32. The number of aryl methyl sites for hydroxylation is 1. The molecule has 2 rings (SSSR count). The van der Waals surface area contributed by atoms with Crippen molar-refractivity contribution in [1.82, 2.24) is 0 Å². The van der Waals surface area contributed by atoms with Gasteiger partial charge >= 0.3 is 30.3 Å². The summed E-state index contributed by atoms with van der Waals surface area (Å²) in [6.07, 6.45) is -9.20. The molecular formula is C21H16Br2F6O6. The van der Waals surface area contributed by atoms with Crippen LogP contribution < -0.4 is 0 Å². The number of carboxylic acid groups (broad SMARTS) is 3. The van der Waals surface area contributed by atoms with E-state index in [1.54, 1.807) is 0 Å². The molecule has 35 heavy (non-hydrogen) atoms. The van der Waals surface area contributed by atoms with Gasteiger partial charge < -0.3 is 15.3 Å². The second-order valence-electron chi connectivity index (χ2n) is 6.93. The van der Waals surface area contributed by atoms with Crippen molar-refractivity contribution in [3.8, 4) is 0 Å². The highest BCUT2D eigenvalue weighted by Gasteiger charge is 2.32. The largest absolute Gasteiger partial charge is 0.481 e. The first kappa shape index (κ1) is 30.4. The SMILES string of the molecule is O=C(O)C(Cc1ccc(C(F)(F)F)cc1Br)C(=O)O.O=C(O)CCc1ccc(C(F)(F)F)cc1Br. The average Bonchev–Trinajstić information content (AvgIpc) is 2.70. The van der Waals surface area contributed by atoms with E-state index in [1.165, 1.54) is 6.07 Å². The zero-order valence-corrected chi connectivity index (χ0v) is 20.4. The summed E-state index contributed by atoms with van der Waals surface area (Å²) in [5.74, 6) is -5.77. The summed E-state index contributed by atoms with van der Waals surface area (Å²) in [4.78, 5) is 31.7. The van der Waals surface area contributed by atoms with Gasteiger partial charge in [0.15, 0.2) is 5.92 Å². The third-order valence-electron chi connectivity index (χ3n) is 4.39. The number of rotatable bonds is 7. The fraction of sp³-hybridized carbons (Fsp3) is 0.286. The third kappa shape index (κ3) is 9.88. The molecule has 0 amide bonds. The first-order valence-corrected chi connectivity index (χ1v) is 10.9. The fourth-order valence-electron chi connectivity index (χ4n) is 2.56. The molecule has 0 radical (unpaired) electrons. The van der Waals surface area contributed by atoms with Crippen molar-refractivity contribution in [2.75, 3.05) is 0 Å². The summed E-state index contributed by atoms with van der Waals surface area (Å²) < 4.78 is 74.4. The van der Waals surface area contributed by atoms with Gasteiger partial charge in [0.25, 0.3) is 0 Å². The van der Waals surface area contributed by atoms with Gasteiger partial charge in [-0.25, -0.2) is 0 Å². The predicted octanol–water partition coefficient (Wildman–Crippen LogP) is 6.28. The zero-order valence-electron chi connectivity index (χ0n) is 17.3. The first-order chi connectivity index (χ1) is 15.9. The van der Waals surface area contributed by atoms with Crippen LogP contribution in [0.5, 0.6) is 0 Å². The Kier molecular flexibility index (Phi) is 10.8. The van der Waals surface area contributed by atoms with Gasteiger partial charge in [0, 0.05) is 15.4 Å². The van der Waals surface area contributed by atoms with Gasteiger partial charge in [0.05, 0.1) is 11.1 Å². The van der Waals surface area contributed by atoms with Crippen LogP contribution >= 0.6 is 31.9 Å². The van der Waals surface area contributed by atoms with Crippen LogP contribution in [0, 0.1) is 5.92 Å². The smallest absolute Gasteiger partial charge is 0.416 e. The molecule has 0 unspecified atom stereocenters. The Morgan fingerprint density at radius 1 is 0.743 bits per heavy atom. The maximum atomic E-state index is 12.4. The minimum Gasteiger partial charge on any atom is -0.481 e. The van der Waals surface area contributed by atoms with Crippen LogP contribution in [0.1, 0.15) is 28.7 Å². The van der Waals surface area contributed by atoms with Crippen LogP contribution in [0.25, 0.3) is 0 Å². The molecule has 0 aliphatic carbocycles. The molecule has 2 aromatic rings. The predicted molar refractivity (Wildman–Crippen MR) is 117 cm³/mol. The fourth-order valence-corrected chi connectivity index (χ4v) is 3.68. The molecule has 0 saturated heterocycles.